The smallest absolute Gasteiger partial charge is 0.163 e. The topological polar surface area (TPSA) is 38.7 Å². The van der Waals surface area contributed by atoms with E-state index >= 15 is 0 Å². The molecule has 3 nitrogen and oxygen atoms in total. The standard InChI is InChI=1S/C10H20O3/c1-4-5-6-8-9(7-11)13-10(2,3)12-8/h8-9,11H,4-7H2,1-3H3. The Balaban J connectivity index is 2.43. The summed E-state index contributed by atoms with van der Waals surface area (Å²) in [6.45, 7) is 5.98. The van der Waals surface area contributed by atoms with Gasteiger partial charge in [-0.25, -0.2) is 0 Å². The van der Waals surface area contributed by atoms with Crippen LogP contribution in [0.15, 0.2) is 0 Å². The molecule has 3 heteroatoms. The Bertz CT molecular complexity index is 156. The Morgan fingerprint density at radius 3 is 2.38 bits per heavy atom. The van der Waals surface area contributed by atoms with Crippen LogP contribution >= 0.6 is 0 Å². The molecule has 2 atom stereocenters. The van der Waals surface area contributed by atoms with Gasteiger partial charge in [-0.3, -0.25) is 0 Å². The summed E-state index contributed by atoms with van der Waals surface area (Å²) in [5, 5.41) is 9.06. The molecule has 2 unspecified atom stereocenters. The highest BCUT2D eigenvalue weighted by Crippen LogP contribution is 2.30. The van der Waals surface area contributed by atoms with Crippen LogP contribution in [0.2, 0.25) is 0 Å². The van der Waals surface area contributed by atoms with Gasteiger partial charge in [-0.1, -0.05) is 19.8 Å². The van der Waals surface area contributed by atoms with Gasteiger partial charge in [-0.05, 0) is 20.3 Å². The number of rotatable bonds is 4. The summed E-state index contributed by atoms with van der Waals surface area (Å²) in [4.78, 5) is 0. The van der Waals surface area contributed by atoms with E-state index in [-0.39, 0.29) is 18.8 Å². The van der Waals surface area contributed by atoms with Crippen molar-refractivity contribution >= 4 is 0 Å². The van der Waals surface area contributed by atoms with E-state index in [2.05, 4.69) is 6.92 Å². The van der Waals surface area contributed by atoms with Crippen LogP contribution in [0.4, 0.5) is 0 Å². The van der Waals surface area contributed by atoms with Crippen molar-refractivity contribution in [2.45, 2.75) is 58.0 Å². The Kier molecular flexibility index (Phi) is 3.71. The summed E-state index contributed by atoms with van der Waals surface area (Å²) in [5.74, 6) is -0.522. The monoisotopic (exact) mass is 188 g/mol. The zero-order valence-corrected chi connectivity index (χ0v) is 8.75. The number of hydrogen-bond donors (Lipinski definition) is 1. The molecule has 0 saturated carbocycles. The van der Waals surface area contributed by atoms with Crippen molar-refractivity contribution in [2.75, 3.05) is 6.61 Å². The minimum Gasteiger partial charge on any atom is -0.394 e. The minimum atomic E-state index is -0.522. The third-order valence-corrected chi connectivity index (χ3v) is 2.31. The van der Waals surface area contributed by atoms with E-state index < -0.39 is 5.79 Å². The Morgan fingerprint density at radius 2 is 1.85 bits per heavy atom. The fourth-order valence-corrected chi connectivity index (χ4v) is 1.71. The molecule has 1 N–H and O–H groups in total. The van der Waals surface area contributed by atoms with Crippen molar-refractivity contribution in [1.29, 1.82) is 0 Å². The maximum atomic E-state index is 9.06. The van der Waals surface area contributed by atoms with Crippen LogP contribution in [0.3, 0.4) is 0 Å². The van der Waals surface area contributed by atoms with Gasteiger partial charge in [0.2, 0.25) is 0 Å². The van der Waals surface area contributed by atoms with E-state index in [4.69, 9.17) is 14.6 Å². The lowest BCUT2D eigenvalue weighted by Gasteiger charge is -2.16. The molecule has 1 rings (SSSR count). The van der Waals surface area contributed by atoms with Gasteiger partial charge in [0.15, 0.2) is 5.79 Å². The molecule has 1 heterocycles. The molecule has 0 aromatic rings. The fraction of sp³-hybridized carbons (Fsp3) is 1.00. The molecular weight excluding hydrogens is 168 g/mol. The molecule has 0 radical (unpaired) electrons. The Morgan fingerprint density at radius 1 is 1.23 bits per heavy atom. The largest absolute Gasteiger partial charge is 0.394 e. The summed E-state index contributed by atoms with van der Waals surface area (Å²) in [7, 11) is 0. The third-order valence-electron chi connectivity index (χ3n) is 2.31. The molecule has 0 aliphatic carbocycles. The van der Waals surface area contributed by atoms with Gasteiger partial charge in [-0.2, -0.15) is 0 Å². The first-order valence-corrected chi connectivity index (χ1v) is 5.05. The van der Waals surface area contributed by atoms with Crippen molar-refractivity contribution in [2.24, 2.45) is 0 Å². The second-order valence-corrected chi connectivity index (χ2v) is 4.04. The number of aliphatic hydroxyl groups excluding tert-OH is 1. The zero-order chi connectivity index (χ0) is 9.90. The van der Waals surface area contributed by atoms with Crippen LogP contribution in [-0.2, 0) is 9.47 Å². The molecule has 0 aromatic heterocycles. The Labute approximate surface area is 80.0 Å². The molecule has 0 spiro atoms. The highest BCUT2D eigenvalue weighted by atomic mass is 16.8. The van der Waals surface area contributed by atoms with Crippen molar-refractivity contribution in [3.63, 3.8) is 0 Å². The van der Waals surface area contributed by atoms with E-state index in [0.717, 1.165) is 19.3 Å². The Hall–Kier alpha value is -0.120. The van der Waals surface area contributed by atoms with E-state index in [1.54, 1.807) is 0 Å². The predicted molar refractivity (Wildman–Crippen MR) is 50.4 cm³/mol. The van der Waals surface area contributed by atoms with Gasteiger partial charge < -0.3 is 14.6 Å². The van der Waals surface area contributed by atoms with E-state index in [9.17, 15) is 0 Å². The normalized spacial score (nSPS) is 32.3. The minimum absolute atomic E-state index is 0.0534. The number of unbranched alkanes of at least 4 members (excludes halogenated alkanes) is 1. The summed E-state index contributed by atoms with van der Waals surface area (Å²) in [6, 6.07) is 0. The van der Waals surface area contributed by atoms with E-state index in [1.807, 2.05) is 13.8 Å². The average molecular weight is 188 g/mol. The highest BCUT2D eigenvalue weighted by Gasteiger charge is 2.40. The molecule has 78 valence electrons. The molecule has 1 aliphatic rings. The van der Waals surface area contributed by atoms with Crippen molar-refractivity contribution in [3.8, 4) is 0 Å². The number of aliphatic hydroxyl groups is 1. The SMILES string of the molecule is CCCCC1OC(C)(C)OC1CO. The molecule has 13 heavy (non-hydrogen) atoms. The lowest BCUT2D eigenvalue weighted by Crippen LogP contribution is -2.26. The van der Waals surface area contributed by atoms with Gasteiger partial charge in [-0.15, -0.1) is 0 Å². The zero-order valence-electron chi connectivity index (χ0n) is 8.75. The molecule has 0 amide bonds. The molecule has 0 aromatic carbocycles. The van der Waals surface area contributed by atoms with Gasteiger partial charge in [0, 0.05) is 0 Å². The maximum Gasteiger partial charge on any atom is 0.163 e. The van der Waals surface area contributed by atoms with Crippen molar-refractivity contribution in [1.82, 2.24) is 0 Å². The van der Waals surface area contributed by atoms with E-state index in [1.165, 1.54) is 0 Å². The van der Waals surface area contributed by atoms with Gasteiger partial charge in [0.1, 0.15) is 6.10 Å². The third kappa shape index (κ3) is 2.93. The molecule has 0 bridgehead atoms. The van der Waals surface area contributed by atoms with Gasteiger partial charge >= 0.3 is 0 Å². The van der Waals surface area contributed by atoms with Crippen LogP contribution in [0, 0.1) is 0 Å². The van der Waals surface area contributed by atoms with Crippen LogP contribution in [0.5, 0.6) is 0 Å². The first kappa shape index (κ1) is 11.0. The van der Waals surface area contributed by atoms with Crippen molar-refractivity contribution < 1.29 is 14.6 Å². The second-order valence-electron chi connectivity index (χ2n) is 4.04. The summed E-state index contributed by atoms with van der Waals surface area (Å²) in [5.41, 5.74) is 0. The lowest BCUT2D eigenvalue weighted by molar-refractivity contribution is -0.149. The van der Waals surface area contributed by atoms with Crippen LogP contribution in [0.25, 0.3) is 0 Å². The van der Waals surface area contributed by atoms with Crippen LogP contribution in [0.1, 0.15) is 40.0 Å². The maximum absolute atomic E-state index is 9.06. The summed E-state index contributed by atoms with van der Waals surface area (Å²) in [6.07, 6.45) is 3.19. The highest BCUT2D eigenvalue weighted by molar-refractivity contribution is 4.80. The van der Waals surface area contributed by atoms with Crippen molar-refractivity contribution in [3.05, 3.63) is 0 Å². The molecular formula is C10H20O3. The predicted octanol–water partition coefficient (Wildman–Crippen LogP) is 1.69. The lowest BCUT2D eigenvalue weighted by atomic mass is 10.1. The van der Waals surface area contributed by atoms with E-state index in [0.29, 0.717) is 0 Å². The average Bonchev–Trinajstić information content (AvgIpc) is 2.37. The first-order valence-electron chi connectivity index (χ1n) is 5.05. The van der Waals surface area contributed by atoms with Crippen LogP contribution in [-0.4, -0.2) is 29.7 Å². The molecule has 1 saturated heterocycles. The van der Waals surface area contributed by atoms with Gasteiger partial charge in [0.05, 0.1) is 12.7 Å². The molecule has 1 aliphatic heterocycles. The first-order chi connectivity index (χ1) is 6.09. The van der Waals surface area contributed by atoms with Crippen LogP contribution < -0.4 is 0 Å². The fourth-order valence-electron chi connectivity index (χ4n) is 1.71. The molecule has 1 fully saturated rings. The summed E-state index contributed by atoms with van der Waals surface area (Å²) >= 11 is 0. The second kappa shape index (κ2) is 4.40. The summed E-state index contributed by atoms with van der Waals surface area (Å²) < 4.78 is 11.2. The number of hydrogen-bond acceptors (Lipinski definition) is 3. The van der Waals surface area contributed by atoms with Gasteiger partial charge in [0.25, 0.3) is 0 Å². The number of ether oxygens (including phenoxy) is 2. The quantitative estimate of drug-likeness (QED) is 0.729.